The zero-order valence-electron chi connectivity index (χ0n) is 17.2. The molecule has 0 fully saturated rings. The van der Waals surface area contributed by atoms with Gasteiger partial charge in [0.05, 0.1) is 0 Å². The first-order chi connectivity index (χ1) is 16.1. The molecule has 0 radical (unpaired) electrons. The lowest BCUT2D eigenvalue weighted by Crippen LogP contribution is -2.09. The summed E-state index contributed by atoms with van der Waals surface area (Å²) in [5, 5.41) is 36.3. The van der Waals surface area contributed by atoms with Crippen molar-refractivity contribution in [2.75, 3.05) is 0 Å². The summed E-state index contributed by atoms with van der Waals surface area (Å²) < 4.78 is 11.0. The number of carbonyl (C=O) groups is 4. The minimum atomic E-state index is -1.39. The molecule has 0 unspecified atom stereocenters. The van der Waals surface area contributed by atoms with Crippen LogP contribution in [0.2, 0.25) is 0 Å². The Morgan fingerprint density at radius 1 is 0.559 bits per heavy atom. The normalized spacial score (nSPS) is 10.4. The Labute approximate surface area is 190 Å². The van der Waals surface area contributed by atoms with Crippen molar-refractivity contribution in [3.05, 3.63) is 82.4 Å². The van der Waals surface area contributed by atoms with Crippen LogP contribution in [0.4, 0.5) is 0 Å². The number of carboxylic acids is 4. The second-order valence-corrected chi connectivity index (χ2v) is 6.76. The third-order valence-corrected chi connectivity index (χ3v) is 4.31. The summed E-state index contributed by atoms with van der Waals surface area (Å²) in [5.74, 6) is -5.51. The highest BCUT2D eigenvalue weighted by molar-refractivity contribution is 5.91. The molecule has 0 saturated heterocycles. The maximum atomic E-state index is 11.1. The summed E-state index contributed by atoms with van der Waals surface area (Å²) in [4.78, 5) is 51.5. The van der Waals surface area contributed by atoms with Gasteiger partial charge in [0.1, 0.15) is 24.7 Å². The van der Waals surface area contributed by atoms with Gasteiger partial charge in [0.15, 0.2) is 22.8 Å². The van der Waals surface area contributed by atoms with E-state index >= 15 is 0 Å². The third kappa shape index (κ3) is 6.03. The first-order valence-corrected chi connectivity index (χ1v) is 9.43. The van der Waals surface area contributed by atoms with Gasteiger partial charge in [0, 0.05) is 24.3 Å². The average Bonchev–Trinajstić information content (AvgIpc) is 2.81. The van der Waals surface area contributed by atoms with Crippen LogP contribution in [0, 0.1) is 0 Å². The molecule has 0 aliphatic carbocycles. The van der Waals surface area contributed by atoms with Gasteiger partial charge >= 0.3 is 23.9 Å². The Balaban J connectivity index is 1.65. The molecule has 0 spiro atoms. The fourth-order valence-electron chi connectivity index (χ4n) is 2.68. The van der Waals surface area contributed by atoms with Gasteiger partial charge in [-0.2, -0.15) is 0 Å². The van der Waals surface area contributed by atoms with Crippen LogP contribution in [-0.4, -0.2) is 54.3 Å². The molecule has 3 aromatic rings. The molecular formula is C22H16N2O10. The van der Waals surface area contributed by atoms with Gasteiger partial charge in [0.2, 0.25) is 0 Å². The Morgan fingerprint density at radius 2 is 0.824 bits per heavy atom. The molecule has 34 heavy (non-hydrogen) atoms. The van der Waals surface area contributed by atoms with Gasteiger partial charge < -0.3 is 29.9 Å². The van der Waals surface area contributed by atoms with Crippen LogP contribution in [-0.2, 0) is 13.2 Å². The van der Waals surface area contributed by atoms with E-state index in [1.54, 1.807) is 24.3 Å². The molecule has 0 bridgehead atoms. The first-order valence-electron chi connectivity index (χ1n) is 9.43. The van der Waals surface area contributed by atoms with Crippen molar-refractivity contribution in [1.29, 1.82) is 0 Å². The highest BCUT2D eigenvalue weighted by Crippen LogP contribution is 2.19. The quantitative estimate of drug-likeness (QED) is 0.340. The molecule has 0 aliphatic rings. The molecule has 3 rings (SSSR count). The van der Waals surface area contributed by atoms with Crippen LogP contribution >= 0.6 is 0 Å². The maximum Gasteiger partial charge on any atom is 0.354 e. The van der Waals surface area contributed by atoms with Crippen molar-refractivity contribution >= 4 is 23.9 Å². The van der Waals surface area contributed by atoms with Gasteiger partial charge in [-0.05, 0) is 11.1 Å². The fraction of sp³-hybridized carbons (Fsp3) is 0.0909. The van der Waals surface area contributed by atoms with Crippen LogP contribution in [0.15, 0.2) is 48.5 Å². The van der Waals surface area contributed by atoms with E-state index in [1.807, 2.05) is 0 Å². The smallest absolute Gasteiger partial charge is 0.354 e. The Kier molecular flexibility index (Phi) is 7.01. The molecule has 4 N–H and O–H groups in total. The summed E-state index contributed by atoms with van der Waals surface area (Å²) in [5.41, 5.74) is -0.489. The minimum Gasteiger partial charge on any atom is -0.489 e. The summed E-state index contributed by atoms with van der Waals surface area (Å²) in [7, 11) is 0. The van der Waals surface area contributed by atoms with Crippen LogP contribution in [0.1, 0.15) is 53.1 Å². The van der Waals surface area contributed by atoms with Crippen LogP contribution in [0.25, 0.3) is 0 Å². The number of aromatic carboxylic acids is 4. The van der Waals surface area contributed by atoms with Crippen molar-refractivity contribution in [3.8, 4) is 11.5 Å². The molecule has 174 valence electrons. The molecule has 1 aromatic carbocycles. The zero-order valence-corrected chi connectivity index (χ0v) is 17.2. The fourth-order valence-corrected chi connectivity index (χ4v) is 2.68. The molecule has 12 nitrogen and oxygen atoms in total. The lowest BCUT2D eigenvalue weighted by molar-refractivity contribution is 0.0663. The zero-order chi connectivity index (χ0) is 24.8. The predicted molar refractivity (Wildman–Crippen MR) is 111 cm³/mol. The van der Waals surface area contributed by atoms with Crippen LogP contribution in [0.3, 0.4) is 0 Å². The highest BCUT2D eigenvalue weighted by Gasteiger charge is 2.15. The molecular weight excluding hydrogens is 452 g/mol. The molecule has 0 amide bonds. The van der Waals surface area contributed by atoms with E-state index in [4.69, 9.17) is 29.9 Å². The minimum absolute atomic E-state index is 0.0115. The SMILES string of the molecule is O=C(O)c1cc(OCc2ccc(COc3cc(C(=O)O)nc(C(=O)O)c3)cc2)cc(C(=O)O)n1. The van der Waals surface area contributed by atoms with Crippen molar-refractivity contribution in [2.45, 2.75) is 13.2 Å². The number of rotatable bonds is 10. The second kappa shape index (κ2) is 10.1. The van der Waals surface area contributed by atoms with Crippen molar-refractivity contribution in [2.24, 2.45) is 0 Å². The number of hydrogen-bond acceptors (Lipinski definition) is 8. The number of nitrogens with zero attached hydrogens (tertiary/aromatic N) is 2. The molecule has 12 heteroatoms. The van der Waals surface area contributed by atoms with E-state index in [-0.39, 0.29) is 24.7 Å². The monoisotopic (exact) mass is 468 g/mol. The molecule has 0 saturated carbocycles. The topological polar surface area (TPSA) is 193 Å². The van der Waals surface area contributed by atoms with E-state index in [0.29, 0.717) is 11.1 Å². The highest BCUT2D eigenvalue weighted by atomic mass is 16.5. The van der Waals surface area contributed by atoms with E-state index in [9.17, 15) is 19.2 Å². The van der Waals surface area contributed by atoms with E-state index in [0.717, 1.165) is 24.3 Å². The van der Waals surface area contributed by atoms with Gasteiger partial charge in [-0.25, -0.2) is 29.1 Å². The Hall–Kier alpha value is -5.00. The maximum absolute atomic E-state index is 11.1. The summed E-state index contributed by atoms with van der Waals surface area (Å²) in [6.07, 6.45) is 0. The number of pyridine rings is 2. The van der Waals surface area contributed by atoms with E-state index in [1.165, 1.54) is 0 Å². The summed E-state index contributed by atoms with van der Waals surface area (Å²) in [6.45, 7) is 0.0229. The molecule has 0 atom stereocenters. The van der Waals surface area contributed by atoms with Gasteiger partial charge in [-0.1, -0.05) is 24.3 Å². The number of ether oxygens (including phenoxy) is 2. The molecule has 0 aliphatic heterocycles. The van der Waals surface area contributed by atoms with Crippen LogP contribution < -0.4 is 9.47 Å². The van der Waals surface area contributed by atoms with E-state index in [2.05, 4.69) is 9.97 Å². The number of aromatic nitrogens is 2. The standard InChI is InChI=1S/C22H16N2O10/c25-19(26)15-5-13(6-16(23-15)20(27)28)33-9-11-1-2-12(4-3-11)10-34-14-7-17(21(29)30)24-18(8-14)22(31)32/h1-8H,9-10H2,(H,25,26)(H,27,28)(H,29,30)(H,31,32). The van der Waals surface area contributed by atoms with Crippen molar-refractivity contribution < 1.29 is 49.1 Å². The van der Waals surface area contributed by atoms with Gasteiger partial charge in [0.25, 0.3) is 0 Å². The first kappa shape index (κ1) is 23.7. The molecule has 2 heterocycles. The lowest BCUT2D eigenvalue weighted by Gasteiger charge is -2.10. The average molecular weight is 468 g/mol. The molecule has 2 aromatic heterocycles. The van der Waals surface area contributed by atoms with Gasteiger partial charge in [-0.3, -0.25) is 0 Å². The number of benzene rings is 1. The lowest BCUT2D eigenvalue weighted by atomic mass is 10.1. The van der Waals surface area contributed by atoms with Crippen molar-refractivity contribution in [3.63, 3.8) is 0 Å². The number of carboxylic acid groups (broad SMARTS) is 4. The number of hydrogen-bond donors (Lipinski definition) is 4. The third-order valence-electron chi connectivity index (χ3n) is 4.31. The van der Waals surface area contributed by atoms with Crippen LogP contribution in [0.5, 0.6) is 11.5 Å². The second-order valence-electron chi connectivity index (χ2n) is 6.76. The van der Waals surface area contributed by atoms with E-state index < -0.39 is 46.7 Å². The summed E-state index contributed by atoms with van der Waals surface area (Å²) >= 11 is 0. The summed E-state index contributed by atoms with van der Waals surface area (Å²) in [6, 6.07) is 11.2. The van der Waals surface area contributed by atoms with Gasteiger partial charge in [-0.15, -0.1) is 0 Å². The predicted octanol–water partition coefficient (Wildman–Crippen LogP) is 2.43. The van der Waals surface area contributed by atoms with Crippen molar-refractivity contribution in [1.82, 2.24) is 9.97 Å². The Morgan fingerprint density at radius 3 is 1.06 bits per heavy atom. The Bertz CT molecular complexity index is 1110. The largest absolute Gasteiger partial charge is 0.489 e.